The number of rotatable bonds is 8. The van der Waals surface area contributed by atoms with E-state index >= 15 is 0 Å². The molecule has 254 valence electrons. The number of hydrogen-bond acceptors (Lipinski definition) is 3. The van der Waals surface area contributed by atoms with Crippen LogP contribution in [0.1, 0.15) is 0 Å². The first-order chi connectivity index (χ1) is 26.8. The van der Waals surface area contributed by atoms with Crippen LogP contribution in [0.2, 0.25) is 0 Å². The number of aromatic nitrogens is 3. The van der Waals surface area contributed by atoms with Crippen molar-refractivity contribution in [2.75, 3.05) is 0 Å². The maximum Gasteiger partial charge on any atom is 0.164 e. The minimum absolute atomic E-state index is 0.618. The second-order valence-corrected chi connectivity index (χ2v) is 13.2. The van der Waals surface area contributed by atoms with Crippen molar-refractivity contribution in [3.05, 3.63) is 212 Å². The van der Waals surface area contributed by atoms with Crippen LogP contribution in [0.5, 0.6) is 0 Å². The summed E-state index contributed by atoms with van der Waals surface area (Å²) in [6.07, 6.45) is 0. The van der Waals surface area contributed by atoms with Crippen molar-refractivity contribution < 1.29 is 0 Å². The fourth-order valence-electron chi connectivity index (χ4n) is 7.00. The molecular weight excluding hydrogens is 655 g/mol. The average molecular weight is 690 g/mol. The summed E-state index contributed by atoms with van der Waals surface area (Å²) in [7, 11) is 0. The molecule has 0 aliphatic heterocycles. The van der Waals surface area contributed by atoms with Gasteiger partial charge in [-0.05, 0) is 61.7 Å². The Hall–Kier alpha value is -7.23. The summed E-state index contributed by atoms with van der Waals surface area (Å²) in [4.78, 5) is 15.8. The number of hydrogen-bond donors (Lipinski definition) is 0. The third kappa shape index (κ3) is 6.74. The van der Waals surface area contributed by atoms with Crippen molar-refractivity contribution in [3.8, 4) is 89.8 Å². The first kappa shape index (κ1) is 32.7. The van der Waals surface area contributed by atoms with E-state index in [0.29, 0.717) is 17.5 Å². The Morgan fingerprint density at radius 2 is 0.500 bits per heavy atom. The Kier molecular flexibility index (Phi) is 8.94. The van der Waals surface area contributed by atoms with Gasteiger partial charge in [-0.25, -0.2) is 15.0 Å². The lowest BCUT2D eigenvalue weighted by atomic mass is 9.94. The van der Waals surface area contributed by atoms with E-state index in [9.17, 15) is 0 Å². The SMILES string of the molecule is c1ccc(-c2ccc(-c3nc(-c4ccccc4-c4ccc(-c5ccccc5)cc4)nc(-c4cc(-c5ccccc5)ccc4-c4ccccc4)n3)cc2)cc1. The first-order valence-electron chi connectivity index (χ1n) is 18.2. The third-order valence-electron chi connectivity index (χ3n) is 9.81. The molecule has 54 heavy (non-hydrogen) atoms. The fraction of sp³-hybridized carbons (Fsp3) is 0. The summed E-state index contributed by atoms with van der Waals surface area (Å²) < 4.78 is 0. The van der Waals surface area contributed by atoms with E-state index in [-0.39, 0.29) is 0 Å². The summed E-state index contributed by atoms with van der Waals surface area (Å²) >= 11 is 0. The summed E-state index contributed by atoms with van der Waals surface area (Å²) in [5, 5.41) is 0. The molecule has 1 aromatic heterocycles. The van der Waals surface area contributed by atoms with Gasteiger partial charge in [-0.3, -0.25) is 0 Å². The van der Waals surface area contributed by atoms with E-state index in [2.05, 4.69) is 188 Å². The van der Waals surface area contributed by atoms with E-state index in [4.69, 9.17) is 15.0 Å². The maximum absolute atomic E-state index is 5.31. The zero-order chi connectivity index (χ0) is 36.1. The van der Waals surface area contributed by atoms with Crippen LogP contribution in [0, 0.1) is 0 Å². The molecule has 3 nitrogen and oxygen atoms in total. The number of nitrogens with zero attached hydrogens (tertiary/aromatic N) is 3. The van der Waals surface area contributed by atoms with E-state index < -0.39 is 0 Å². The first-order valence-corrected chi connectivity index (χ1v) is 18.2. The fourth-order valence-corrected chi connectivity index (χ4v) is 7.00. The largest absolute Gasteiger partial charge is 0.208 e. The van der Waals surface area contributed by atoms with Gasteiger partial charge >= 0.3 is 0 Å². The summed E-state index contributed by atoms with van der Waals surface area (Å²) in [6.45, 7) is 0. The van der Waals surface area contributed by atoms with Crippen molar-refractivity contribution in [2.45, 2.75) is 0 Å². The molecule has 0 bridgehead atoms. The molecule has 9 rings (SSSR count). The van der Waals surface area contributed by atoms with Crippen molar-refractivity contribution in [1.82, 2.24) is 15.0 Å². The molecule has 0 amide bonds. The Balaban J connectivity index is 1.23. The molecule has 0 fully saturated rings. The standard InChI is InChI=1S/C51H35N3/c1-5-15-36(16-6-1)39-25-29-42(30-26-39)45-23-13-14-24-47(45)50-52-49(43-31-27-40(28-32-43)37-17-7-2-8-18-37)53-51(54-50)48-35-44(38-19-9-3-10-20-38)33-34-46(48)41-21-11-4-12-22-41/h1-35H. The molecule has 0 spiro atoms. The van der Waals surface area contributed by atoms with Gasteiger partial charge in [-0.1, -0.05) is 206 Å². The smallest absolute Gasteiger partial charge is 0.164 e. The van der Waals surface area contributed by atoms with E-state index in [0.717, 1.165) is 55.6 Å². The highest BCUT2D eigenvalue weighted by Crippen LogP contribution is 2.38. The van der Waals surface area contributed by atoms with Crippen LogP contribution >= 0.6 is 0 Å². The Labute approximate surface area is 316 Å². The molecular formula is C51H35N3. The lowest BCUT2D eigenvalue weighted by Gasteiger charge is -2.15. The lowest BCUT2D eigenvalue weighted by molar-refractivity contribution is 1.07. The predicted molar refractivity (Wildman–Crippen MR) is 223 cm³/mol. The van der Waals surface area contributed by atoms with Gasteiger partial charge in [-0.15, -0.1) is 0 Å². The second-order valence-electron chi connectivity index (χ2n) is 13.2. The zero-order valence-electron chi connectivity index (χ0n) is 29.5. The molecule has 0 radical (unpaired) electrons. The Bertz CT molecular complexity index is 2660. The highest BCUT2D eigenvalue weighted by molar-refractivity contribution is 5.87. The summed E-state index contributed by atoms with van der Waals surface area (Å²) in [6, 6.07) is 74.0. The van der Waals surface area contributed by atoms with Crippen LogP contribution in [-0.2, 0) is 0 Å². The minimum Gasteiger partial charge on any atom is -0.208 e. The van der Waals surface area contributed by atoms with E-state index in [1.54, 1.807) is 0 Å². The van der Waals surface area contributed by atoms with Gasteiger partial charge in [0.15, 0.2) is 17.5 Å². The molecule has 1 heterocycles. The van der Waals surface area contributed by atoms with Gasteiger partial charge in [0.25, 0.3) is 0 Å². The highest BCUT2D eigenvalue weighted by atomic mass is 15.0. The highest BCUT2D eigenvalue weighted by Gasteiger charge is 2.19. The summed E-state index contributed by atoms with van der Waals surface area (Å²) in [5.74, 6) is 1.86. The molecule has 9 aromatic rings. The second kappa shape index (κ2) is 14.8. The van der Waals surface area contributed by atoms with E-state index in [1.165, 1.54) is 16.7 Å². The van der Waals surface area contributed by atoms with Gasteiger partial charge in [0.05, 0.1) is 0 Å². The summed E-state index contributed by atoms with van der Waals surface area (Å²) in [5.41, 5.74) is 14.0. The van der Waals surface area contributed by atoms with Crippen LogP contribution in [-0.4, -0.2) is 15.0 Å². The minimum atomic E-state index is 0.618. The Morgan fingerprint density at radius 1 is 0.185 bits per heavy atom. The molecule has 0 aliphatic rings. The molecule has 3 heteroatoms. The topological polar surface area (TPSA) is 38.7 Å². The Morgan fingerprint density at radius 3 is 1.04 bits per heavy atom. The monoisotopic (exact) mass is 689 g/mol. The van der Waals surface area contributed by atoms with Crippen molar-refractivity contribution in [3.63, 3.8) is 0 Å². The normalized spacial score (nSPS) is 11.0. The maximum atomic E-state index is 5.31. The average Bonchev–Trinajstić information content (AvgIpc) is 3.27. The van der Waals surface area contributed by atoms with Crippen molar-refractivity contribution in [2.24, 2.45) is 0 Å². The molecule has 0 saturated carbocycles. The van der Waals surface area contributed by atoms with Crippen LogP contribution in [0.15, 0.2) is 212 Å². The van der Waals surface area contributed by atoms with Crippen LogP contribution in [0.3, 0.4) is 0 Å². The quantitative estimate of drug-likeness (QED) is 0.159. The molecule has 0 N–H and O–H groups in total. The predicted octanol–water partition coefficient (Wildman–Crippen LogP) is 13.2. The van der Waals surface area contributed by atoms with Gasteiger partial charge < -0.3 is 0 Å². The molecule has 8 aromatic carbocycles. The van der Waals surface area contributed by atoms with Gasteiger partial charge in [0.2, 0.25) is 0 Å². The lowest BCUT2D eigenvalue weighted by Crippen LogP contribution is -2.02. The van der Waals surface area contributed by atoms with Crippen molar-refractivity contribution in [1.29, 1.82) is 0 Å². The third-order valence-corrected chi connectivity index (χ3v) is 9.81. The zero-order valence-corrected chi connectivity index (χ0v) is 29.5. The van der Waals surface area contributed by atoms with Gasteiger partial charge in [0.1, 0.15) is 0 Å². The van der Waals surface area contributed by atoms with Gasteiger partial charge in [0, 0.05) is 16.7 Å². The van der Waals surface area contributed by atoms with Gasteiger partial charge in [-0.2, -0.15) is 0 Å². The van der Waals surface area contributed by atoms with Crippen LogP contribution in [0.4, 0.5) is 0 Å². The van der Waals surface area contributed by atoms with Crippen LogP contribution < -0.4 is 0 Å². The van der Waals surface area contributed by atoms with E-state index in [1.807, 2.05) is 24.3 Å². The van der Waals surface area contributed by atoms with Crippen molar-refractivity contribution >= 4 is 0 Å². The number of benzene rings is 8. The molecule has 0 unspecified atom stereocenters. The molecule has 0 atom stereocenters. The molecule has 0 aliphatic carbocycles. The van der Waals surface area contributed by atoms with Crippen LogP contribution in [0.25, 0.3) is 89.8 Å². The molecule has 0 saturated heterocycles.